The van der Waals surface area contributed by atoms with Crippen LogP contribution in [-0.4, -0.2) is 32.0 Å². The number of aryl methyl sites for hydroxylation is 2. The van der Waals surface area contributed by atoms with Crippen LogP contribution in [0.3, 0.4) is 0 Å². The van der Waals surface area contributed by atoms with E-state index in [2.05, 4.69) is 41.3 Å². The number of H-pyrrole nitrogens is 1. The maximum Gasteiger partial charge on any atom is 0.439 e. The number of Topliss-reactive ketones (excluding diaryl/α,β-unsaturated/α-hetero) is 1. The average molecular weight is 513 g/mol. The fourth-order valence-corrected chi connectivity index (χ4v) is 4.93. The van der Waals surface area contributed by atoms with Gasteiger partial charge in [-0.25, -0.2) is 9.78 Å². The highest BCUT2D eigenvalue weighted by atomic mass is 16.5. The van der Waals surface area contributed by atoms with Crippen LogP contribution < -0.4 is 10.5 Å². The Morgan fingerprint density at radius 2 is 1.74 bits per heavy atom. The van der Waals surface area contributed by atoms with Crippen molar-refractivity contribution in [2.24, 2.45) is 0 Å². The lowest BCUT2D eigenvalue weighted by Crippen LogP contribution is -2.25. The molecule has 0 radical (unpaired) electrons. The van der Waals surface area contributed by atoms with Gasteiger partial charge < -0.3 is 4.74 Å². The average Bonchev–Trinajstić information content (AvgIpc) is 3.37. The Balaban J connectivity index is 1.43. The van der Waals surface area contributed by atoms with E-state index in [4.69, 9.17) is 19.2 Å². The van der Waals surface area contributed by atoms with Crippen molar-refractivity contribution in [2.75, 3.05) is 0 Å². The fourth-order valence-electron chi connectivity index (χ4n) is 4.93. The first-order valence-electron chi connectivity index (χ1n) is 13.3. The minimum Gasteiger partial charge on any atom is -0.474 e. The summed E-state index contributed by atoms with van der Waals surface area (Å²) in [6, 6.07) is 16.1. The molecule has 1 N–H and O–H groups in total. The van der Waals surface area contributed by atoms with Gasteiger partial charge >= 0.3 is 5.76 Å². The van der Waals surface area contributed by atoms with E-state index in [-0.39, 0.29) is 6.10 Å². The molecule has 38 heavy (non-hydrogen) atoms. The third-order valence-electron chi connectivity index (χ3n) is 6.97. The molecule has 5 rings (SSSR count). The molecule has 1 aliphatic rings. The Bertz CT molecular complexity index is 1460. The van der Waals surface area contributed by atoms with E-state index in [0.717, 1.165) is 65.6 Å². The van der Waals surface area contributed by atoms with Gasteiger partial charge in [-0.3, -0.25) is 14.3 Å². The van der Waals surface area contributed by atoms with Crippen molar-refractivity contribution >= 4 is 5.78 Å². The Hall–Kier alpha value is -4.07. The first-order valence-corrected chi connectivity index (χ1v) is 13.3. The second-order valence-corrected chi connectivity index (χ2v) is 9.82. The normalized spacial score (nSPS) is 14.1. The lowest BCUT2D eigenvalue weighted by Gasteiger charge is -2.24. The smallest absolute Gasteiger partial charge is 0.439 e. The summed E-state index contributed by atoms with van der Waals surface area (Å²) in [4.78, 5) is 35.3. The number of aromatic nitrogens is 4. The van der Waals surface area contributed by atoms with E-state index in [9.17, 15) is 9.59 Å². The van der Waals surface area contributed by atoms with Crippen molar-refractivity contribution in [1.82, 2.24) is 20.1 Å². The van der Waals surface area contributed by atoms with E-state index < -0.39 is 5.76 Å². The predicted octanol–water partition coefficient (Wildman–Crippen LogP) is 5.62. The molecule has 8 heteroatoms. The van der Waals surface area contributed by atoms with Gasteiger partial charge in [-0.15, -0.1) is 0 Å². The summed E-state index contributed by atoms with van der Waals surface area (Å²) in [7, 11) is 0. The SMILES string of the molecule is CCCCc1nc(C)nc(OC2CCC(=O)CC2)c1Cc1ccc(-c2ccccc2-c2noc(=O)[nH]2)cc1. The molecule has 0 amide bonds. The molecule has 196 valence electrons. The zero-order valence-corrected chi connectivity index (χ0v) is 21.8. The number of rotatable bonds is 9. The first kappa shape index (κ1) is 25.6. The number of carbonyl (C=O) groups excluding carboxylic acids is 1. The van der Waals surface area contributed by atoms with Crippen LogP contribution in [0, 0.1) is 6.92 Å². The molecule has 1 fully saturated rings. The summed E-state index contributed by atoms with van der Waals surface area (Å²) < 4.78 is 11.1. The molecule has 0 spiro atoms. The largest absolute Gasteiger partial charge is 0.474 e. The lowest BCUT2D eigenvalue weighted by molar-refractivity contribution is -0.121. The number of ketones is 1. The van der Waals surface area contributed by atoms with Crippen LogP contribution in [0.2, 0.25) is 0 Å². The van der Waals surface area contributed by atoms with Gasteiger partial charge in [0.25, 0.3) is 0 Å². The van der Waals surface area contributed by atoms with Gasteiger partial charge in [0.2, 0.25) is 5.88 Å². The van der Waals surface area contributed by atoms with Crippen LogP contribution in [0.4, 0.5) is 0 Å². The number of nitrogens with zero attached hydrogens (tertiary/aromatic N) is 3. The molecule has 0 atom stereocenters. The van der Waals surface area contributed by atoms with Crippen LogP contribution in [0.25, 0.3) is 22.5 Å². The van der Waals surface area contributed by atoms with E-state index in [1.807, 2.05) is 31.2 Å². The Morgan fingerprint density at radius 3 is 2.42 bits per heavy atom. The van der Waals surface area contributed by atoms with Crippen molar-refractivity contribution in [1.29, 1.82) is 0 Å². The second-order valence-electron chi connectivity index (χ2n) is 9.82. The van der Waals surface area contributed by atoms with Gasteiger partial charge in [-0.2, -0.15) is 4.98 Å². The number of aromatic amines is 1. The summed E-state index contributed by atoms with van der Waals surface area (Å²) in [5, 5.41) is 3.86. The lowest BCUT2D eigenvalue weighted by atomic mass is 9.95. The Labute approximate surface area is 221 Å². The number of carbonyl (C=O) groups is 1. The van der Waals surface area contributed by atoms with Crippen molar-refractivity contribution in [3.63, 3.8) is 0 Å². The van der Waals surface area contributed by atoms with Crippen molar-refractivity contribution < 1.29 is 14.1 Å². The van der Waals surface area contributed by atoms with Gasteiger partial charge in [-0.05, 0) is 49.3 Å². The summed E-state index contributed by atoms with van der Waals surface area (Å²) in [6.45, 7) is 4.08. The summed E-state index contributed by atoms with van der Waals surface area (Å²) in [5.41, 5.74) is 5.92. The van der Waals surface area contributed by atoms with Crippen molar-refractivity contribution in [3.8, 4) is 28.4 Å². The molecular weight excluding hydrogens is 480 g/mol. The Morgan fingerprint density at radius 1 is 1.00 bits per heavy atom. The third kappa shape index (κ3) is 5.90. The molecule has 0 bridgehead atoms. The minimum atomic E-state index is -0.581. The molecule has 0 saturated heterocycles. The molecular formula is C30H32N4O4. The highest BCUT2D eigenvalue weighted by Gasteiger charge is 2.23. The molecule has 2 aromatic carbocycles. The molecule has 8 nitrogen and oxygen atoms in total. The fraction of sp³-hybridized carbons (Fsp3) is 0.367. The van der Waals surface area contributed by atoms with Crippen LogP contribution in [-0.2, 0) is 17.6 Å². The topological polar surface area (TPSA) is 111 Å². The van der Waals surface area contributed by atoms with Gasteiger partial charge in [0.1, 0.15) is 17.7 Å². The summed E-state index contributed by atoms with van der Waals surface area (Å²) in [6.07, 6.45) is 6.24. The first-order chi connectivity index (χ1) is 18.5. The molecule has 2 aromatic heterocycles. The quantitative estimate of drug-likeness (QED) is 0.310. The van der Waals surface area contributed by atoms with Gasteiger partial charge in [0.15, 0.2) is 5.82 Å². The number of hydrogen-bond donors (Lipinski definition) is 1. The molecule has 1 aliphatic carbocycles. The highest BCUT2D eigenvalue weighted by molar-refractivity contribution is 5.80. The van der Waals surface area contributed by atoms with Crippen molar-refractivity contribution in [2.45, 2.75) is 71.3 Å². The zero-order valence-electron chi connectivity index (χ0n) is 21.8. The van der Waals surface area contributed by atoms with Crippen LogP contribution in [0.5, 0.6) is 5.88 Å². The Kier molecular flexibility index (Phi) is 7.77. The minimum absolute atomic E-state index is 0.00150. The van der Waals surface area contributed by atoms with Crippen molar-refractivity contribution in [3.05, 3.63) is 81.7 Å². The maximum absolute atomic E-state index is 11.7. The summed E-state index contributed by atoms with van der Waals surface area (Å²) >= 11 is 0. The number of benzene rings is 2. The molecule has 0 unspecified atom stereocenters. The number of nitrogens with one attached hydrogen (secondary N) is 1. The van der Waals surface area contributed by atoms with Crippen LogP contribution in [0.15, 0.2) is 57.8 Å². The maximum atomic E-state index is 11.7. The van der Waals surface area contributed by atoms with Gasteiger partial charge in [0, 0.05) is 30.4 Å². The summed E-state index contributed by atoms with van der Waals surface area (Å²) in [5.74, 6) is 1.48. The number of ether oxygens (including phenoxy) is 1. The van der Waals surface area contributed by atoms with Gasteiger partial charge in [-0.1, -0.05) is 67.0 Å². The molecule has 0 aliphatic heterocycles. The third-order valence-corrected chi connectivity index (χ3v) is 6.97. The van der Waals surface area contributed by atoms with Crippen LogP contribution >= 0.6 is 0 Å². The molecule has 2 heterocycles. The standard InChI is InChI=1S/C30H32N4O4/c1-3-4-9-27-26(29(32-19(2)31-27)37-23-16-14-22(35)15-17-23)18-20-10-12-21(13-11-20)24-7-5-6-8-25(24)28-33-30(36)38-34-28/h5-8,10-13,23H,3-4,9,14-18H2,1-2H3,(H,33,34,36). The van der Waals surface area contributed by atoms with Crippen LogP contribution in [0.1, 0.15) is 68.1 Å². The van der Waals surface area contributed by atoms with E-state index in [1.165, 1.54) is 0 Å². The van der Waals surface area contributed by atoms with E-state index >= 15 is 0 Å². The van der Waals surface area contributed by atoms with E-state index in [1.54, 1.807) is 0 Å². The monoisotopic (exact) mass is 512 g/mol. The second kappa shape index (κ2) is 11.5. The number of hydrogen-bond acceptors (Lipinski definition) is 7. The molecule has 4 aromatic rings. The zero-order chi connectivity index (χ0) is 26.5. The highest BCUT2D eigenvalue weighted by Crippen LogP contribution is 2.32. The van der Waals surface area contributed by atoms with Gasteiger partial charge in [0.05, 0.1) is 5.69 Å². The predicted molar refractivity (Wildman–Crippen MR) is 144 cm³/mol. The molecule has 1 saturated carbocycles. The number of unbranched alkanes of at least 4 members (excludes halogenated alkanes) is 1. The van der Waals surface area contributed by atoms with E-state index in [0.29, 0.717) is 42.6 Å².